The second-order valence-corrected chi connectivity index (χ2v) is 6.70. The number of benzene rings is 1. The molecule has 3 aromatic rings. The molecule has 3 heterocycles. The number of nitrogens with zero attached hydrogens (tertiary/aromatic N) is 3. The Morgan fingerprint density at radius 3 is 2.78 bits per heavy atom. The fourth-order valence-corrected chi connectivity index (χ4v) is 3.58. The Labute approximate surface area is 158 Å². The molecular formula is C21H23FN4O. The summed E-state index contributed by atoms with van der Waals surface area (Å²) in [4.78, 5) is 11.4. The largest absolute Gasteiger partial charge is 0.384 e. The van der Waals surface area contributed by atoms with Gasteiger partial charge in [-0.1, -0.05) is 6.92 Å². The highest BCUT2D eigenvalue weighted by Crippen LogP contribution is 2.34. The van der Waals surface area contributed by atoms with Gasteiger partial charge in [0.25, 0.3) is 0 Å². The van der Waals surface area contributed by atoms with Crippen molar-refractivity contribution in [2.24, 2.45) is 0 Å². The number of halogens is 1. The molecule has 5 nitrogen and oxygen atoms in total. The fourth-order valence-electron chi connectivity index (χ4n) is 3.58. The summed E-state index contributed by atoms with van der Waals surface area (Å²) in [5.74, 6) is 0.989. The van der Waals surface area contributed by atoms with Gasteiger partial charge in [-0.3, -0.25) is 0 Å². The van der Waals surface area contributed by atoms with E-state index in [1.165, 1.54) is 6.07 Å². The molecule has 0 spiro atoms. The average molecular weight is 366 g/mol. The Hall–Kier alpha value is -2.73. The molecule has 0 amide bonds. The highest BCUT2D eigenvalue weighted by Gasteiger charge is 2.18. The average Bonchev–Trinajstić information content (AvgIpc) is 2.97. The summed E-state index contributed by atoms with van der Waals surface area (Å²) >= 11 is 0. The monoisotopic (exact) mass is 366 g/mol. The van der Waals surface area contributed by atoms with Crippen LogP contribution in [0.1, 0.15) is 19.0 Å². The van der Waals surface area contributed by atoms with Crippen molar-refractivity contribution >= 4 is 22.5 Å². The Morgan fingerprint density at radius 1 is 1.07 bits per heavy atom. The molecule has 0 radical (unpaired) electrons. The Balaban J connectivity index is 1.89. The lowest BCUT2D eigenvalue weighted by Crippen LogP contribution is -2.26. The molecule has 1 fully saturated rings. The van der Waals surface area contributed by atoms with E-state index in [-0.39, 0.29) is 5.82 Å². The number of pyridine rings is 2. The molecule has 0 unspecified atom stereocenters. The number of rotatable bonds is 3. The molecule has 1 aliphatic heterocycles. The van der Waals surface area contributed by atoms with Crippen LogP contribution in [-0.2, 0) is 11.2 Å². The zero-order valence-corrected chi connectivity index (χ0v) is 15.4. The third-order valence-corrected chi connectivity index (χ3v) is 4.94. The normalized spacial score (nSPS) is 15.1. The molecule has 0 aliphatic carbocycles. The Kier molecular flexibility index (Phi) is 4.90. The third-order valence-electron chi connectivity index (χ3n) is 4.94. The van der Waals surface area contributed by atoms with Crippen LogP contribution in [0, 0.1) is 5.82 Å². The van der Waals surface area contributed by atoms with Crippen molar-refractivity contribution < 1.29 is 9.13 Å². The van der Waals surface area contributed by atoms with Gasteiger partial charge < -0.3 is 15.4 Å². The maximum Gasteiger partial charge on any atom is 0.133 e. The van der Waals surface area contributed by atoms with Gasteiger partial charge in [0.05, 0.1) is 17.8 Å². The van der Waals surface area contributed by atoms with Crippen molar-refractivity contribution in [3.05, 3.63) is 47.9 Å². The maximum atomic E-state index is 14.9. The summed E-state index contributed by atoms with van der Waals surface area (Å²) in [6.45, 7) is 5.10. The third kappa shape index (κ3) is 3.45. The SMILES string of the molecule is CCc1nc(N)ccc1-c1c(F)ccc2ccc(N3CCCOCC3)nc12. The van der Waals surface area contributed by atoms with Crippen LogP contribution >= 0.6 is 0 Å². The van der Waals surface area contributed by atoms with Gasteiger partial charge in [0, 0.05) is 36.2 Å². The van der Waals surface area contributed by atoms with Crippen molar-refractivity contribution in [3.63, 3.8) is 0 Å². The Morgan fingerprint density at radius 2 is 1.93 bits per heavy atom. The summed E-state index contributed by atoms with van der Waals surface area (Å²) in [7, 11) is 0. The van der Waals surface area contributed by atoms with Crippen LogP contribution in [0.15, 0.2) is 36.4 Å². The second-order valence-electron chi connectivity index (χ2n) is 6.70. The molecule has 0 saturated carbocycles. The first-order valence-corrected chi connectivity index (χ1v) is 9.35. The molecule has 140 valence electrons. The predicted octanol–water partition coefficient (Wildman–Crippen LogP) is 3.81. The molecule has 1 saturated heterocycles. The van der Waals surface area contributed by atoms with Crippen LogP contribution in [0.5, 0.6) is 0 Å². The summed E-state index contributed by atoms with van der Waals surface area (Å²) in [6.07, 6.45) is 1.62. The van der Waals surface area contributed by atoms with Gasteiger partial charge in [-0.2, -0.15) is 0 Å². The predicted molar refractivity (Wildman–Crippen MR) is 106 cm³/mol. The topological polar surface area (TPSA) is 64.3 Å². The molecule has 2 N–H and O–H groups in total. The lowest BCUT2D eigenvalue weighted by molar-refractivity contribution is 0.152. The number of nitrogen functional groups attached to an aromatic ring is 1. The summed E-state index contributed by atoms with van der Waals surface area (Å²) in [6, 6.07) is 10.8. The van der Waals surface area contributed by atoms with Crippen LogP contribution in [0.4, 0.5) is 16.0 Å². The number of ether oxygens (including phenoxy) is 1. The van der Waals surface area contributed by atoms with E-state index in [2.05, 4.69) is 9.88 Å². The van der Waals surface area contributed by atoms with Crippen LogP contribution in [0.2, 0.25) is 0 Å². The van der Waals surface area contributed by atoms with E-state index in [0.29, 0.717) is 29.9 Å². The number of anilines is 2. The minimum absolute atomic E-state index is 0.298. The van der Waals surface area contributed by atoms with Crippen LogP contribution < -0.4 is 10.6 Å². The van der Waals surface area contributed by atoms with Gasteiger partial charge >= 0.3 is 0 Å². The molecular weight excluding hydrogens is 343 g/mol. The van der Waals surface area contributed by atoms with Crippen LogP contribution in [-0.4, -0.2) is 36.3 Å². The standard InChI is InChI=1S/C21H23FN4O/c1-2-17-15(6-8-18(23)24-17)20-16(22)7-4-14-5-9-19(25-21(14)20)26-10-3-12-27-13-11-26/h4-9H,2-3,10-13H2,1H3,(H2,23,24). The van der Waals surface area contributed by atoms with Gasteiger partial charge in [0.1, 0.15) is 17.5 Å². The van der Waals surface area contributed by atoms with E-state index in [0.717, 1.165) is 48.6 Å². The minimum atomic E-state index is -0.298. The van der Waals surface area contributed by atoms with E-state index in [1.54, 1.807) is 12.1 Å². The highest BCUT2D eigenvalue weighted by atomic mass is 19.1. The zero-order valence-electron chi connectivity index (χ0n) is 15.4. The van der Waals surface area contributed by atoms with Crippen molar-refractivity contribution in [1.82, 2.24) is 9.97 Å². The Bertz CT molecular complexity index is 968. The maximum absolute atomic E-state index is 14.9. The number of hydrogen-bond acceptors (Lipinski definition) is 5. The van der Waals surface area contributed by atoms with E-state index in [9.17, 15) is 4.39 Å². The van der Waals surface area contributed by atoms with Crippen molar-refractivity contribution in [3.8, 4) is 11.1 Å². The van der Waals surface area contributed by atoms with Crippen LogP contribution in [0.25, 0.3) is 22.0 Å². The smallest absolute Gasteiger partial charge is 0.133 e. The summed E-state index contributed by atoms with van der Waals surface area (Å²) in [5, 5.41) is 0.903. The van der Waals surface area contributed by atoms with E-state index in [4.69, 9.17) is 15.5 Å². The van der Waals surface area contributed by atoms with Crippen molar-refractivity contribution in [2.45, 2.75) is 19.8 Å². The summed E-state index contributed by atoms with van der Waals surface area (Å²) < 4.78 is 20.5. The molecule has 4 rings (SSSR count). The van der Waals surface area contributed by atoms with Crippen molar-refractivity contribution in [2.75, 3.05) is 36.9 Å². The minimum Gasteiger partial charge on any atom is -0.384 e. The number of nitrogens with two attached hydrogens (primary N) is 1. The number of aryl methyl sites for hydroxylation is 1. The molecule has 6 heteroatoms. The zero-order chi connectivity index (χ0) is 18.8. The first-order valence-electron chi connectivity index (χ1n) is 9.35. The van der Waals surface area contributed by atoms with Crippen molar-refractivity contribution in [1.29, 1.82) is 0 Å². The molecule has 2 aromatic heterocycles. The van der Waals surface area contributed by atoms with E-state index >= 15 is 0 Å². The highest BCUT2D eigenvalue weighted by molar-refractivity contribution is 5.95. The lowest BCUT2D eigenvalue weighted by Gasteiger charge is -2.21. The van der Waals surface area contributed by atoms with Gasteiger partial charge in [-0.15, -0.1) is 0 Å². The lowest BCUT2D eigenvalue weighted by atomic mass is 9.98. The van der Waals surface area contributed by atoms with Crippen LogP contribution in [0.3, 0.4) is 0 Å². The van der Waals surface area contributed by atoms with E-state index in [1.807, 2.05) is 25.1 Å². The number of fused-ring (bicyclic) bond motifs is 1. The van der Waals surface area contributed by atoms with Gasteiger partial charge in [-0.25, -0.2) is 14.4 Å². The molecule has 1 aromatic carbocycles. The molecule has 1 aliphatic rings. The first-order chi connectivity index (χ1) is 13.2. The number of hydrogen-bond donors (Lipinski definition) is 1. The molecule has 27 heavy (non-hydrogen) atoms. The molecule has 0 atom stereocenters. The first kappa shape index (κ1) is 17.7. The van der Waals surface area contributed by atoms with Gasteiger partial charge in [0.15, 0.2) is 0 Å². The van der Waals surface area contributed by atoms with Gasteiger partial charge in [0.2, 0.25) is 0 Å². The molecule has 0 bridgehead atoms. The summed E-state index contributed by atoms with van der Waals surface area (Å²) in [5.41, 5.74) is 8.50. The quantitative estimate of drug-likeness (QED) is 0.764. The van der Waals surface area contributed by atoms with E-state index < -0.39 is 0 Å². The number of aromatic nitrogens is 2. The fraction of sp³-hybridized carbons (Fsp3) is 0.333. The second kappa shape index (κ2) is 7.48. The van der Waals surface area contributed by atoms with Gasteiger partial charge in [-0.05, 0) is 49.2 Å².